The standard InChI is InChI=1S/C16H23NO4/c1-16(2,21-4)11-14(18)17(3)10-9-12-7-5-6-8-13(12)15(19)20/h5-8H,9-11H2,1-4H3,(H,19,20). The Morgan fingerprint density at radius 1 is 1.29 bits per heavy atom. The summed E-state index contributed by atoms with van der Waals surface area (Å²) in [5, 5.41) is 9.13. The second-order valence-electron chi connectivity index (χ2n) is 5.67. The van der Waals surface area contributed by atoms with Gasteiger partial charge in [0.05, 0.1) is 17.6 Å². The molecule has 1 aromatic carbocycles. The predicted molar refractivity (Wildman–Crippen MR) is 80.4 cm³/mol. The van der Waals surface area contributed by atoms with Crippen LogP contribution in [0.5, 0.6) is 0 Å². The van der Waals surface area contributed by atoms with E-state index in [-0.39, 0.29) is 11.5 Å². The molecule has 0 heterocycles. The summed E-state index contributed by atoms with van der Waals surface area (Å²) >= 11 is 0. The van der Waals surface area contributed by atoms with Crippen molar-refractivity contribution in [2.75, 3.05) is 20.7 Å². The number of ether oxygens (including phenoxy) is 1. The number of nitrogens with zero attached hydrogens (tertiary/aromatic N) is 1. The summed E-state index contributed by atoms with van der Waals surface area (Å²) in [5.74, 6) is -0.963. The molecular formula is C16H23NO4. The van der Waals surface area contributed by atoms with Crippen LogP contribution in [0.1, 0.15) is 36.2 Å². The summed E-state index contributed by atoms with van der Waals surface area (Å²) in [6.45, 7) is 4.19. The van der Waals surface area contributed by atoms with E-state index < -0.39 is 11.6 Å². The van der Waals surface area contributed by atoms with Crippen molar-refractivity contribution in [3.05, 3.63) is 35.4 Å². The molecule has 1 N–H and O–H groups in total. The zero-order valence-electron chi connectivity index (χ0n) is 13.0. The topological polar surface area (TPSA) is 66.8 Å². The lowest BCUT2D eigenvalue weighted by molar-refractivity contribution is -0.135. The quantitative estimate of drug-likeness (QED) is 0.837. The Bertz CT molecular complexity index is 511. The third kappa shape index (κ3) is 5.19. The van der Waals surface area contributed by atoms with Crippen molar-refractivity contribution in [3.8, 4) is 0 Å². The van der Waals surface area contributed by atoms with Crippen molar-refractivity contribution in [2.45, 2.75) is 32.3 Å². The van der Waals surface area contributed by atoms with Gasteiger partial charge in [0.25, 0.3) is 0 Å². The van der Waals surface area contributed by atoms with E-state index in [0.29, 0.717) is 19.4 Å². The van der Waals surface area contributed by atoms with Gasteiger partial charge in [-0.2, -0.15) is 0 Å². The van der Waals surface area contributed by atoms with Crippen molar-refractivity contribution in [2.24, 2.45) is 0 Å². The first-order valence-electron chi connectivity index (χ1n) is 6.87. The second-order valence-corrected chi connectivity index (χ2v) is 5.67. The van der Waals surface area contributed by atoms with Crippen LogP contribution in [0.4, 0.5) is 0 Å². The SMILES string of the molecule is COC(C)(C)CC(=O)N(C)CCc1ccccc1C(=O)O. The summed E-state index contributed by atoms with van der Waals surface area (Å²) < 4.78 is 5.25. The van der Waals surface area contributed by atoms with E-state index in [0.717, 1.165) is 5.56 Å². The maximum atomic E-state index is 12.1. The van der Waals surface area contributed by atoms with Crippen molar-refractivity contribution in [1.82, 2.24) is 4.90 Å². The van der Waals surface area contributed by atoms with Crippen LogP contribution < -0.4 is 0 Å². The summed E-state index contributed by atoms with van der Waals surface area (Å²) in [7, 11) is 3.30. The predicted octanol–water partition coefficient (Wildman–Crippen LogP) is 2.20. The van der Waals surface area contributed by atoms with Crippen LogP contribution in [0.15, 0.2) is 24.3 Å². The van der Waals surface area contributed by atoms with Gasteiger partial charge >= 0.3 is 5.97 Å². The van der Waals surface area contributed by atoms with Crippen LogP contribution in [0.2, 0.25) is 0 Å². The molecule has 21 heavy (non-hydrogen) atoms. The van der Waals surface area contributed by atoms with Gasteiger partial charge in [0.15, 0.2) is 0 Å². The largest absolute Gasteiger partial charge is 0.478 e. The van der Waals surface area contributed by atoms with Crippen LogP contribution in [0, 0.1) is 0 Å². The van der Waals surface area contributed by atoms with E-state index >= 15 is 0 Å². The fraction of sp³-hybridized carbons (Fsp3) is 0.500. The van der Waals surface area contributed by atoms with Crippen LogP contribution in [-0.2, 0) is 16.0 Å². The highest BCUT2D eigenvalue weighted by Crippen LogP contribution is 2.15. The Kier molecular flexibility index (Phi) is 5.90. The molecule has 116 valence electrons. The van der Waals surface area contributed by atoms with Crippen molar-refractivity contribution >= 4 is 11.9 Å². The first-order valence-corrected chi connectivity index (χ1v) is 6.87. The average molecular weight is 293 g/mol. The monoisotopic (exact) mass is 293 g/mol. The molecule has 0 aliphatic carbocycles. The van der Waals surface area contributed by atoms with E-state index in [2.05, 4.69) is 0 Å². The van der Waals surface area contributed by atoms with Crippen LogP contribution in [0.25, 0.3) is 0 Å². The van der Waals surface area contributed by atoms with Crippen LogP contribution >= 0.6 is 0 Å². The Morgan fingerprint density at radius 3 is 2.48 bits per heavy atom. The molecule has 0 bridgehead atoms. The molecule has 0 radical (unpaired) electrons. The smallest absolute Gasteiger partial charge is 0.335 e. The number of carboxylic acid groups (broad SMARTS) is 1. The second kappa shape index (κ2) is 7.22. The molecule has 0 fully saturated rings. The van der Waals surface area contributed by atoms with Gasteiger partial charge in [0, 0.05) is 20.7 Å². The molecule has 5 nitrogen and oxygen atoms in total. The molecule has 0 atom stereocenters. The normalized spacial score (nSPS) is 11.2. The van der Waals surface area contributed by atoms with Gasteiger partial charge in [-0.05, 0) is 31.9 Å². The number of benzene rings is 1. The number of carboxylic acids is 1. The molecular weight excluding hydrogens is 270 g/mol. The molecule has 0 aliphatic heterocycles. The van der Waals surface area contributed by atoms with E-state index in [1.807, 2.05) is 13.8 Å². The maximum absolute atomic E-state index is 12.1. The fourth-order valence-corrected chi connectivity index (χ4v) is 1.93. The van der Waals surface area contributed by atoms with Crippen LogP contribution in [-0.4, -0.2) is 48.2 Å². The third-order valence-electron chi connectivity index (χ3n) is 3.52. The average Bonchev–Trinajstić information content (AvgIpc) is 2.44. The molecule has 1 rings (SSSR count). The lowest BCUT2D eigenvalue weighted by Crippen LogP contribution is -2.36. The summed E-state index contributed by atoms with van der Waals surface area (Å²) in [6, 6.07) is 6.86. The Morgan fingerprint density at radius 2 is 1.90 bits per heavy atom. The minimum Gasteiger partial charge on any atom is -0.478 e. The number of hydrogen-bond acceptors (Lipinski definition) is 3. The molecule has 0 saturated carbocycles. The molecule has 1 amide bonds. The van der Waals surface area contributed by atoms with Crippen LogP contribution in [0.3, 0.4) is 0 Å². The van der Waals surface area contributed by atoms with Gasteiger partial charge in [-0.15, -0.1) is 0 Å². The van der Waals surface area contributed by atoms with Crippen molar-refractivity contribution < 1.29 is 19.4 Å². The summed E-state index contributed by atoms with van der Waals surface area (Å²) in [6.07, 6.45) is 0.804. The molecule has 1 aromatic rings. The number of likely N-dealkylation sites (N-methyl/N-ethyl adjacent to an activating group) is 1. The minimum atomic E-state index is -0.944. The van der Waals surface area contributed by atoms with Gasteiger partial charge in [-0.3, -0.25) is 4.79 Å². The van der Waals surface area contributed by atoms with E-state index in [4.69, 9.17) is 9.84 Å². The highest BCUT2D eigenvalue weighted by molar-refractivity contribution is 5.89. The highest BCUT2D eigenvalue weighted by atomic mass is 16.5. The minimum absolute atomic E-state index is 0.0188. The summed E-state index contributed by atoms with van der Waals surface area (Å²) in [4.78, 5) is 24.8. The molecule has 0 unspecified atom stereocenters. The van der Waals surface area contributed by atoms with E-state index in [1.54, 1.807) is 43.3 Å². The first-order chi connectivity index (χ1) is 9.76. The Labute approximate surface area is 125 Å². The molecule has 0 aliphatic rings. The highest BCUT2D eigenvalue weighted by Gasteiger charge is 2.23. The Hall–Kier alpha value is -1.88. The van der Waals surface area contributed by atoms with Gasteiger partial charge < -0.3 is 14.7 Å². The van der Waals surface area contributed by atoms with Crippen molar-refractivity contribution in [1.29, 1.82) is 0 Å². The number of methoxy groups -OCH3 is 1. The fourth-order valence-electron chi connectivity index (χ4n) is 1.93. The lowest BCUT2D eigenvalue weighted by atomic mass is 10.0. The number of carbonyl (C=O) groups is 2. The maximum Gasteiger partial charge on any atom is 0.335 e. The van der Waals surface area contributed by atoms with Gasteiger partial charge in [0.2, 0.25) is 5.91 Å². The first kappa shape index (κ1) is 17.2. The van der Waals surface area contributed by atoms with E-state index in [1.165, 1.54) is 0 Å². The number of amides is 1. The van der Waals surface area contributed by atoms with Gasteiger partial charge in [0.1, 0.15) is 0 Å². The molecule has 0 aromatic heterocycles. The van der Waals surface area contributed by atoms with E-state index in [9.17, 15) is 9.59 Å². The number of carbonyl (C=O) groups excluding carboxylic acids is 1. The summed E-state index contributed by atoms with van der Waals surface area (Å²) in [5.41, 5.74) is 0.524. The third-order valence-corrected chi connectivity index (χ3v) is 3.52. The number of rotatable bonds is 7. The lowest BCUT2D eigenvalue weighted by Gasteiger charge is -2.26. The number of hydrogen-bond donors (Lipinski definition) is 1. The van der Waals surface area contributed by atoms with Crippen molar-refractivity contribution in [3.63, 3.8) is 0 Å². The molecule has 0 saturated heterocycles. The zero-order chi connectivity index (χ0) is 16.0. The zero-order valence-corrected chi connectivity index (χ0v) is 13.0. The number of aromatic carboxylic acids is 1. The molecule has 5 heteroatoms. The van der Waals surface area contributed by atoms with Gasteiger partial charge in [-0.1, -0.05) is 18.2 Å². The molecule has 0 spiro atoms. The van der Waals surface area contributed by atoms with Gasteiger partial charge in [-0.25, -0.2) is 4.79 Å². The Balaban J connectivity index is 2.63.